The van der Waals surface area contributed by atoms with Gasteiger partial charge >= 0.3 is 0 Å². The summed E-state index contributed by atoms with van der Waals surface area (Å²) >= 11 is 9.28. The lowest BCUT2D eigenvalue weighted by atomic mass is 10.1. The zero-order valence-corrected chi connectivity index (χ0v) is 13.7. The second kappa shape index (κ2) is 6.34. The Kier molecular flexibility index (Phi) is 4.48. The van der Waals surface area contributed by atoms with Gasteiger partial charge in [0.15, 0.2) is 0 Å². The van der Waals surface area contributed by atoms with Gasteiger partial charge in [-0.1, -0.05) is 28.1 Å². The zero-order valence-electron chi connectivity index (χ0n) is 11.4. The van der Waals surface area contributed by atoms with Crippen LogP contribution in [0.3, 0.4) is 0 Å². The lowest BCUT2D eigenvalue weighted by Crippen LogP contribution is -2.46. The van der Waals surface area contributed by atoms with E-state index >= 15 is 0 Å². The molecule has 1 saturated heterocycles. The number of ether oxygens (including phenoxy) is 1. The summed E-state index contributed by atoms with van der Waals surface area (Å²) in [7, 11) is 0. The average molecular weight is 369 g/mol. The van der Waals surface area contributed by atoms with Gasteiger partial charge in [-0.3, -0.25) is 4.79 Å². The Hall–Kier alpha value is -1.10. The van der Waals surface area contributed by atoms with E-state index in [1.165, 1.54) is 0 Å². The van der Waals surface area contributed by atoms with Crippen molar-refractivity contribution >= 4 is 44.2 Å². The topological polar surface area (TPSA) is 29.5 Å². The first kappa shape index (κ1) is 14.8. The zero-order chi connectivity index (χ0) is 14.8. The highest BCUT2D eigenvalue weighted by molar-refractivity contribution is 9.10. The molecule has 2 aromatic rings. The van der Waals surface area contributed by atoms with Crippen LogP contribution in [0.4, 0.5) is 0 Å². The van der Waals surface area contributed by atoms with Crippen LogP contribution in [0.15, 0.2) is 40.9 Å². The lowest BCUT2D eigenvalue weighted by molar-refractivity contribution is -0.0107. The van der Waals surface area contributed by atoms with Crippen molar-refractivity contribution in [2.45, 2.75) is 6.10 Å². The average Bonchev–Trinajstić information content (AvgIpc) is 2.53. The minimum atomic E-state index is -0.0687. The van der Waals surface area contributed by atoms with Crippen molar-refractivity contribution in [2.24, 2.45) is 0 Å². The monoisotopic (exact) mass is 367 g/mol. The van der Waals surface area contributed by atoms with Gasteiger partial charge in [-0.05, 0) is 35.0 Å². The molecule has 1 amide bonds. The summed E-state index contributed by atoms with van der Waals surface area (Å²) in [6.45, 7) is 1.72. The summed E-state index contributed by atoms with van der Waals surface area (Å²) < 4.78 is 6.53. The normalized spacial score (nSPS) is 19.0. The third-order valence-electron chi connectivity index (χ3n) is 3.65. The van der Waals surface area contributed by atoms with E-state index in [9.17, 15) is 4.79 Å². The van der Waals surface area contributed by atoms with E-state index in [0.29, 0.717) is 31.1 Å². The van der Waals surface area contributed by atoms with Gasteiger partial charge in [0.2, 0.25) is 0 Å². The number of carbonyl (C=O) groups excluding carboxylic acids is 1. The molecule has 0 saturated carbocycles. The lowest BCUT2D eigenvalue weighted by Gasteiger charge is -2.32. The molecule has 1 aliphatic heterocycles. The molecule has 1 unspecified atom stereocenters. The smallest absolute Gasteiger partial charge is 0.254 e. The fourth-order valence-corrected chi connectivity index (χ4v) is 3.09. The highest BCUT2D eigenvalue weighted by atomic mass is 79.9. The van der Waals surface area contributed by atoms with Crippen LogP contribution in [0.1, 0.15) is 10.4 Å². The molecule has 0 N–H and O–H groups in total. The first-order valence-electron chi connectivity index (χ1n) is 6.83. The van der Waals surface area contributed by atoms with Gasteiger partial charge in [-0.25, -0.2) is 0 Å². The van der Waals surface area contributed by atoms with Crippen molar-refractivity contribution in [1.82, 2.24) is 4.90 Å². The van der Waals surface area contributed by atoms with Gasteiger partial charge in [-0.2, -0.15) is 0 Å². The van der Waals surface area contributed by atoms with Crippen molar-refractivity contribution in [3.8, 4) is 0 Å². The first-order valence-corrected chi connectivity index (χ1v) is 8.16. The molecular formula is C16H15BrClNO2. The summed E-state index contributed by atoms with van der Waals surface area (Å²) in [6, 6.07) is 11.8. The molecule has 3 rings (SSSR count). The maximum absolute atomic E-state index is 12.6. The minimum Gasteiger partial charge on any atom is -0.373 e. The number of rotatable bonds is 2. The van der Waals surface area contributed by atoms with Crippen LogP contribution in [0, 0.1) is 0 Å². The van der Waals surface area contributed by atoms with Crippen molar-refractivity contribution in [3.63, 3.8) is 0 Å². The second-order valence-electron chi connectivity index (χ2n) is 5.10. The Morgan fingerprint density at radius 2 is 2.05 bits per heavy atom. The minimum absolute atomic E-state index is 0.0400. The van der Waals surface area contributed by atoms with E-state index < -0.39 is 0 Å². The molecule has 110 valence electrons. The van der Waals surface area contributed by atoms with Crippen LogP contribution in [0.25, 0.3) is 10.8 Å². The summed E-state index contributed by atoms with van der Waals surface area (Å²) in [4.78, 5) is 14.4. The highest BCUT2D eigenvalue weighted by Crippen LogP contribution is 2.22. The van der Waals surface area contributed by atoms with E-state index in [1.807, 2.05) is 41.3 Å². The Morgan fingerprint density at radius 1 is 1.29 bits per heavy atom. The number of morpholine rings is 1. The van der Waals surface area contributed by atoms with Gasteiger partial charge in [0, 0.05) is 23.1 Å². The fraction of sp³-hybridized carbons (Fsp3) is 0.312. The van der Waals surface area contributed by atoms with Gasteiger partial charge < -0.3 is 9.64 Å². The van der Waals surface area contributed by atoms with Crippen LogP contribution >= 0.6 is 27.5 Å². The quantitative estimate of drug-likeness (QED) is 0.757. The number of amides is 1. The number of halogens is 2. The van der Waals surface area contributed by atoms with E-state index in [0.717, 1.165) is 15.2 Å². The number of hydrogen-bond acceptors (Lipinski definition) is 2. The van der Waals surface area contributed by atoms with E-state index in [1.54, 1.807) is 0 Å². The fourth-order valence-electron chi connectivity index (χ4n) is 2.53. The van der Waals surface area contributed by atoms with Crippen molar-refractivity contribution < 1.29 is 9.53 Å². The molecule has 0 bridgehead atoms. The van der Waals surface area contributed by atoms with Crippen LogP contribution in [0.5, 0.6) is 0 Å². The molecule has 0 radical (unpaired) electrons. The number of alkyl halides is 1. The summed E-state index contributed by atoms with van der Waals surface area (Å²) in [6.07, 6.45) is -0.0687. The van der Waals surface area contributed by atoms with Crippen LogP contribution in [-0.2, 0) is 4.74 Å². The van der Waals surface area contributed by atoms with Crippen molar-refractivity contribution in [1.29, 1.82) is 0 Å². The third-order valence-corrected chi connectivity index (χ3v) is 4.48. The SMILES string of the molecule is O=C(c1ccc2cc(Br)ccc2c1)N1CCOC(CCl)C1. The van der Waals surface area contributed by atoms with Crippen LogP contribution in [0.2, 0.25) is 0 Å². The maximum Gasteiger partial charge on any atom is 0.254 e. The Balaban J connectivity index is 1.85. The first-order chi connectivity index (χ1) is 10.2. The largest absolute Gasteiger partial charge is 0.373 e. The number of fused-ring (bicyclic) bond motifs is 1. The standard InChI is InChI=1S/C16H15BrClNO2/c17-14-4-3-11-7-13(2-1-12(11)8-14)16(20)19-5-6-21-15(9-18)10-19/h1-4,7-8,15H,5-6,9-10H2. The molecule has 5 heteroatoms. The number of carbonyl (C=O) groups is 1. The molecule has 1 heterocycles. The van der Waals surface area contributed by atoms with Crippen LogP contribution in [-0.4, -0.2) is 42.5 Å². The third kappa shape index (κ3) is 3.23. The Labute approximate surface area is 137 Å². The van der Waals surface area contributed by atoms with Gasteiger partial charge in [-0.15, -0.1) is 11.6 Å². The molecule has 2 aromatic carbocycles. The maximum atomic E-state index is 12.6. The van der Waals surface area contributed by atoms with Crippen LogP contribution < -0.4 is 0 Å². The Morgan fingerprint density at radius 3 is 2.86 bits per heavy atom. The molecule has 0 spiro atoms. The highest BCUT2D eigenvalue weighted by Gasteiger charge is 2.24. The molecule has 1 aliphatic rings. The summed E-state index contributed by atoms with van der Waals surface area (Å²) in [5.74, 6) is 0.452. The van der Waals surface area contributed by atoms with Gasteiger partial charge in [0.05, 0.1) is 18.6 Å². The predicted octanol–water partition coefficient (Wildman–Crippen LogP) is 3.68. The van der Waals surface area contributed by atoms with E-state index in [2.05, 4.69) is 15.9 Å². The molecule has 21 heavy (non-hydrogen) atoms. The van der Waals surface area contributed by atoms with Crippen molar-refractivity contribution in [3.05, 3.63) is 46.4 Å². The predicted molar refractivity (Wildman–Crippen MR) is 88.0 cm³/mol. The summed E-state index contributed by atoms with van der Waals surface area (Å²) in [5.41, 5.74) is 0.708. The van der Waals surface area contributed by atoms with Gasteiger partial charge in [0.1, 0.15) is 0 Å². The van der Waals surface area contributed by atoms with E-state index in [4.69, 9.17) is 16.3 Å². The number of benzene rings is 2. The number of hydrogen-bond donors (Lipinski definition) is 0. The Bertz CT molecular complexity index is 676. The number of nitrogens with zero attached hydrogens (tertiary/aromatic N) is 1. The molecule has 0 aliphatic carbocycles. The second-order valence-corrected chi connectivity index (χ2v) is 6.33. The molecule has 0 aromatic heterocycles. The molecule has 1 fully saturated rings. The summed E-state index contributed by atoms with van der Waals surface area (Å²) in [5, 5.41) is 2.17. The van der Waals surface area contributed by atoms with E-state index in [-0.39, 0.29) is 12.0 Å². The van der Waals surface area contributed by atoms with Crippen molar-refractivity contribution in [2.75, 3.05) is 25.6 Å². The molecule has 1 atom stereocenters. The van der Waals surface area contributed by atoms with Gasteiger partial charge in [0.25, 0.3) is 5.91 Å². The molecular weight excluding hydrogens is 354 g/mol. The molecule has 3 nitrogen and oxygen atoms in total.